The first-order valence-corrected chi connectivity index (χ1v) is 8.85. The van der Waals surface area contributed by atoms with Gasteiger partial charge in [-0.1, -0.05) is 60.7 Å². The fourth-order valence-electron chi connectivity index (χ4n) is 2.97. The predicted molar refractivity (Wildman–Crippen MR) is 104 cm³/mol. The Kier molecular flexibility index (Phi) is 4.93. The van der Waals surface area contributed by atoms with Crippen LogP contribution in [0, 0.1) is 0 Å². The number of hydrogen-bond donors (Lipinski definition) is 2. The fourth-order valence-corrected chi connectivity index (χ4v) is 2.97. The highest BCUT2D eigenvalue weighted by molar-refractivity contribution is 6.01. The molecule has 2 amide bonds. The molecular formula is C22H18N2O4. The maximum atomic E-state index is 12.6. The lowest BCUT2D eigenvalue weighted by atomic mass is 9.99. The summed E-state index contributed by atoms with van der Waals surface area (Å²) in [5.74, 6) is 0.187. The van der Waals surface area contributed by atoms with Crippen molar-refractivity contribution in [1.29, 1.82) is 0 Å². The Morgan fingerprint density at radius 1 is 0.786 bits per heavy atom. The molecule has 1 unspecified atom stereocenters. The molecule has 4 rings (SSSR count). The molecule has 1 aliphatic heterocycles. The third-order valence-electron chi connectivity index (χ3n) is 4.36. The van der Waals surface area contributed by atoms with Gasteiger partial charge >= 0.3 is 0 Å². The number of para-hydroxylation sites is 2. The highest BCUT2D eigenvalue weighted by atomic mass is 16.6. The van der Waals surface area contributed by atoms with E-state index in [-0.39, 0.29) is 6.61 Å². The van der Waals surface area contributed by atoms with Crippen LogP contribution in [-0.4, -0.2) is 24.5 Å². The number of hydrogen-bond acceptors (Lipinski definition) is 4. The summed E-state index contributed by atoms with van der Waals surface area (Å²) in [5, 5.41) is 0. The molecule has 0 fully saturated rings. The number of benzene rings is 3. The molecule has 0 radical (unpaired) electrons. The minimum atomic E-state index is -0.848. The van der Waals surface area contributed by atoms with Crippen molar-refractivity contribution in [3.05, 3.63) is 84.4 Å². The molecule has 0 aromatic heterocycles. The second-order valence-electron chi connectivity index (χ2n) is 6.22. The molecule has 28 heavy (non-hydrogen) atoms. The van der Waals surface area contributed by atoms with Crippen LogP contribution in [0.4, 0.5) is 0 Å². The van der Waals surface area contributed by atoms with Crippen molar-refractivity contribution in [1.82, 2.24) is 10.9 Å². The van der Waals surface area contributed by atoms with Gasteiger partial charge in [-0.25, -0.2) is 0 Å². The van der Waals surface area contributed by atoms with E-state index in [2.05, 4.69) is 10.9 Å². The van der Waals surface area contributed by atoms with Crippen molar-refractivity contribution in [3.63, 3.8) is 0 Å². The van der Waals surface area contributed by atoms with Crippen molar-refractivity contribution in [2.24, 2.45) is 0 Å². The van der Waals surface area contributed by atoms with Crippen LogP contribution in [0.5, 0.6) is 11.5 Å². The van der Waals surface area contributed by atoms with Gasteiger partial charge in [0.2, 0.25) is 6.10 Å². The van der Waals surface area contributed by atoms with Crippen LogP contribution >= 0.6 is 0 Å². The molecule has 140 valence electrons. The largest absolute Gasteiger partial charge is 0.485 e. The van der Waals surface area contributed by atoms with Crippen LogP contribution in [0.3, 0.4) is 0 Å². The number of ether oxygens (including phenoxy) is 2. The maximum Gasteiger partial charge on any atom is 0.283 e. The number of rotatable bonds is 3. The molecule has 6 heteroatoms. The van der Waals surface area contributed by atoms with Gasteiger partial charge in [-0.15, -0.1) is 0 Å². The minimum Gasteiger partial charge on any atom is -0.485 e. The van der Waals surface area contributed by atoms with Crippen LogP contribution < -0.4 is 20.3 Å². The second kappa shape index (κ2) is 7.84. The fraction of sp³-hybridized carbons (Fsp3) is 0.0909. The summed E-state index contributed by atoms with van der Waals surface area (Å²) >= 11 is 0. The normalized spacial score (nSPS) is 14.8. The summed E-state index contributed by atoms with van der Waals surface area (Å²) in [6.07, 6.45) is -0.848. The zero-order valence-corrected chi connectivity index (χ0v) is 14.9. The van der Waals surface area contributed by atoms with E-state index >= 15 is 0 Å². The zero-order chi connectivity index (χ0) is 19.3. The number of carbonyl (C=O) groups is 2. The molecule has 0 bridgehead atoms. The maximum absolute atomic E-state index is 12.6. The lowest BCUT2D eigenvalue weighted by Gasteiger charge is -2.25. The Balaban J connectivity index is 1.42. The predicted octanol–water partition coefficient (Wildman–Crippen LogP) is 2.95. The van der Waals surface area contributed by atoms with Gasteiger partial charge in [0.05, 0.1) is 0 Å². The Morgan fingerprint density at radius 3 is 2.29 bits per heavy atom. The number of fused-ring (bicyclic) bond motifs is 1. The molecule has 0 aliphatic carbocycles. The van der Waals surface area contributed by atoms with Crippen LogP contribution in [-0.2, 0) is 4.79 Å². The Labute approximate surface area is 162 Å². The third kappa shape index (κ3) is 3.66. The van der Waals surface area contributed by atoms with E-state index < -0.39 is 17.9 Å². The van der Waals surface area contributed by atoms with Crippen molar-refractivity contribution in [2.75, 3.05) is 6.61 Å². The first kappa shape index (κ1) is 17.6. The summed E-state index contributed by atoms with van der Waals surface area (Å²) < 4.78 is 11.2. The van der Waals surface area contributed by atoms with E-state index in [1.807, 2.05) is 48.5 Å². The van der Waals surface area contributed by atoms with E-state index in [0.717, 1.165) is 11.1 Å². The standard InChI is InChI=1S/C22H18N2O4/c25-21(17-11-5-4-10-16(17)15-8-2-1-3-9-15)23-24-22(26)20-14-27-18-12-6-7-13-19(18)28-20/h1-13,20H,14H2,(H,23,25)(H,24,26). The van der Waals surface area contributed by atoms with Crippen LogP contribution in [0.25, 0.3) is 11.1 Å². The summed E-state index contributed by atoms with van der Waals surface area (Å²) in [6, 6.07) is 23.9. The Hall–Kier alpha value is -3.80. The molecule has 3 aromatic rings. The van der Waals surface area contributed by atoms with Gasteiger partial charge in [0.25, 0.3) is 11.8 Å². The molecule has 1 heterocycles. The lowest BCUT2D eigenvalue weighted by molar-refractivity contribution is -0.131. The smallest absolute Gasteiger partial charge is 0.283 e. The molecule has 3 aromatic carbocycles. The number of hydrazine groups is 1. The molecule has 1 atom stereocenters. The average Bonchev–Trinajstić information content (AvgIpc) is 2.77. The van der Waals surface area contributed by atoms with Crippen molar-refractivity contribution in [2.45, 2.75) is 6.10 Å². The van der Waals surface area contributed by atoms with Gasteiger partial charge in [0.1, 0.15) is 6.61 Å². The second-order valence-corrected chi connectivity index (χ2v) is 6.22. The van der Waals surface area contributed by atoms with Crippen molar-refractivity contribution < 1.29 is 19.1 Å². The Morgan fingerprint density at radius 2 is 1.46 bits per heavy atom. The first-order valence-electron chi connectivity index (χ1n) is 8.85. The van der Waals surface area contributed by atoms with Gasteiger partial charge in [0, 0.05) is 5.56 Å². The monoisotopic (exact) mass is 374 g/mol. The molecule has 0 saturated heterocycles. The van der Waals surface area contributed by atoms with Crippen molar-refractivity contribution in [3.8, 4) is 22.6 Å². The van der Waals surface area contributed by atoms with E-state index in [0.29, 0.717) is 17.1 Å². The van der Waals surface area contributed by atoms with E-state index in [4.69, 9.17) is 9.47 Å². The molecule has 0 saturated carbocycles. The summed E-state index contributed by atoms with van der Waals surface area (Å²) in [4.78, 5) is 25.0. The van der Waals surface area contributed by atoms with E-state index in [9.17, 15) is 9.59 Å². The SMILES string of the molecule is O=C(NNC(=O)C1COc2ccccc2O1)c1ccccc1-c1ccccc1. The third-order valence-corrected chi connectivity index (χ3v) is 4.36. The van der Waals surface area contributed by atoms with Crippen LogP contribution in [0.1, 0.15) is 10.4 Å². The molecule has 1 aliphatic rings. The average molecular weight is 374 g/mol. The van der Waals surface area contributed by atoms with Crippen LogP contribution in [0.2, 0.25) is 0 Å². The Bertz CT molecular complexity index is 1000. The minimum absolute atomic E-state index is 0.0688. The summed E-state index contributed by atoms with van der Waals surface area (Å²) in [5.41, 5.74) is 7.03. The van der Waals surface area contributed by atoms with Gasteiger partial charge in [-0.05, 0) is 29.3 Å². The van der Waals surface area contributed by atoms with Gasteiger partial charge in [-0.3, -0.25) is 20.4 Å². The highest BCUT2D eigenvalue weighted by Gasteiger charge is 2.27. The highest BCUT2D eigenvalue weighted by Crippen LogP contribution is 2.30. The zero-order valence-electron chi connectivity index (χ0n) is 14.9. The number of carbonyl (C=O) groups excluding carboxylic acids is 2. The quantitative estimate of drug-likeness (QED) is 0.691. The lowest BCUT2D eigenvalue weighted by Crippen LogP contribution is -2.50. The molecule has 6 nitrogen and oxygen atoms in total. The van der Waals surface area contributed by atoms with Crippen molar-refractivity contribution >= 4 is 11.8 Å². The van der Waals surface area contributed by atoms with Gasteiger partial charge in [-0.2, -0.15) is 0 Å². The molecule has 0 spiro atoms. The summed E-state index contributed by atoms with van der Waals surface area (Å²) in [7, 11) is 0. The molecular weight excluding hydrogens is 356 g/mol. The first-order chi connectivity index (χ1) is 13.7. The number of nitrogens with one attached hydrogen (secondary N) is 2. The summed E-state index contributed by atoms with van der Waals surface area (Å²) in [6.45, 7) is 0.0688. The van der Waals surface area contributed by atoms with Gasteiger partial charge < -0.3 is 9.47 Å². The van der Waals surface area contributed by atoms with E-state index in [1.165, 1.54) is 0 Å². The van der Waals surface area contributed by atoms with Crippen LogP contribution in [0.15, 0.2) is 78.9 Å². The van der Waals surface area contributed by atoms with Gasteiger partial charge in [0.15, 0.2) is 11.5 Å². The number of amides is 2. The molecule has 2 N–H and O–H groups in total. The van der Waals surface area contributed by atoms with E-state index in [1.54, 1.807) is 30.3 Å². The topological polar surface area (TPSA) is 76.7 Å².